The molecule has 0 aliphatic rings. The first-order valence-electron chi connectivity index (χ1n) is 5.21. The Morgan fingerprint density at radius 1 is 1.18 bits per heavy atom. The van der Waals surface area contributed by atoms with Crippen LogP contribution in [0.3, 0.4) is 0 Å². The summed E-state index contributed by atoms with van der Waals surface area (Å²) in [6, 6.07) is 10.2. The monoisotopic (exact) mass is 279 g/mol. The Labute approximate surface area is 114 Å². The second-order valence-electron chi connectivity index (χ2n) is 2.93. The van der Waals surface area contributed by atoms with Crippen LogP contribution in [0.5, 0.6) is 0 Å². The Balaban J connectivity index is 0. The van der Waals surface area contributed by atoms with Gasteiger partial charge in [0.1, 0.15) is 0 Å². The van der Waals surface area contributed by atoms with Gasteiger partial charge in [0.25, 0.3) is 0 Å². The molecule has 2 N–H and O–H groups in total. The molecule has 0 amide bonds. The van der Waals surface area contributed by atoms with Crippen LogP contribution in [0.1, 0.15) is 6.92 Å². The first kappa shape index (κ1) is 19.1. The lowest BCUT2D eigenvalue weighted by Gasteiger charge is -2.12. The molecule has 3 nitrogen and oxygen atoms in total. The summed E-state index contributed by atoms with van der Waals surface area (Å²) in [7, 11) is 3.30. The van der Waals surface area contributed by atoms with Gasteiger partial charge in [-0.25, -0.2) is 0 Å². The zero-order chi connectivity index (χ0) is 12.2. The van der Waals surface area contributed by atoms with Crippen LogP contribution in [0.15, 0.2) is 35.2 Å². The fourth-order valence-electron chi connectivity index (χ4n) is 0.913. The number of thioether (sulfide) groups is 1. The molecule has 1 rings (SSSR count). The Morgan fingerprint density at radius 2 is 1.65 bits per heavy atom. The van der Waals surface area contributed by atoms with Crippen LogP contribution in [0.2, 0.25) is 0 Å². The van der Waals surface area contributed by atoms with E-state index in [1.54, 1.807) is 26.0 Å². The summed E-state index contributed by atoms with van der Waals surface area (Å²) in [5.74, 6) is 0.816. The average Bonchev–Trinajstić information content (AvgIpc) is 2.33. The number of hydrogen-bond acceptors (Lipinski definition) is 4. The number of methoxy groups -OCH3 is 2. The molecule has 0 saturated heterocycles. The van der Waals surface area contributed by atoms with Gasteiger partial charge in [0.2, 0.25) is 0 Å². The van der Waals surface area contributed by atoms with E-state index in [1.807, 2.05) is 25.1 Å². The molecule has 0 aliphatic heterocycles. The highest BCUT2D eigenvalue weighted by Gasteiger charge is 2.04. The van der Waals surface area contributed by atoms with E-state index in [0.29, 0.717) is 0 Å². The van der Waals surface area contributed by atoms with Crippen LogP contribution in [-0.2, 0) is 9.47 Å². The number of halogens is 1. The van der Waals surface area contributed by atoms with Crippen molar-refractivity contribution in [2.75, 3.05) is 26.5 Å². The van der Waals surface area contributed by atoms with Crippen LogP contribution in [-0.4, -0.2) is 32.8 Å². The predicted molar refractivity (Wildman–Crippen MR) is 76.9 cm³/mol. The van der Waals surface area contributed by atoms with Gasteiger partial charge in [-0.05, 0) is 18.7 Å². The normalized spacial score (nSPS) is 9.24. The summed E-state index contributed by atoms with van der Waals surface area (Å²) >= 11 is 1.73. The maximum absolute atomic E-state index is 5.08. The summed E-state index contributed by atoms with van der Waals surface area (Å²) in [4.78, 5) is 1.24. The van der Waals surface area contributed by atoms with Gasteiger partial charge in [-0.2, -0.15) is 0 Å². The highest BCUT2D eigenvalue weighted by Crippen LogP contribution is 2.18. The number of hydrogen-bond donors (Lipinski definition) is 1. The lowest BCUT2D eigenvalue weighted by Crippen LogP contribution is -2.15. The summed E-state index contributed by atoms with van der Waals surface area (Å²) in [6.45, 7) is 2.65. The van der Waals surface area contributed by atoms with Crippen molar-refractivity contribution in [2.45, 2.75) is 18.1 Å². The third kappa shape index (κ3) is 10.6. The zero-order valence-electron chi connectivity index (χ0n) is 10.6. The van der Waals surface area contributed by atoms with Gasteiger partial charge in [-0.15, -0.1) is 24.2 Å². The quantitative estimate of drug-likeness (QED) is 0.665. The standard InChI is InChI=1S/C10H14O2S.C2H7N.ClH/c1-11-10(12-2)8-13-9-6-4-3-5-7-9;1-2-3;/h3-7,10H,8H2,1-2H3;2-3H2,1H3;1H. The van der Waals surface area contributed by atoms with E-state index in [9.17, 15) is 0 Å². The third-order valence-corrected chi connectivity index (χ3v) is 2.70. The van der Waals surface area contributed by atoms with Gasteiger partial charge in [0, 0.05) is 24.9 Å². The van der Waals surface area contributed by atoms with Gasteiger partial charge in [-0.1, -0.05) is 25.1 Å². The Bertz CT molecular complexity index is 246. The van der Waals surface area contributed by atoms with Crippen LogP contribution in [0.4, 0.5) is 0 Å². The molecule has 0 unspecified atom stereocenters. The Kier molecular flexibility index (Phi) is 15.5. The van der Waals surface area contributed by atoms with Gasteiger partial charge in [-0.3, -0.25) is 0 Å². The van der Waals surface area contributed by atoms with Crippen molar-refractivity contribution < 1.29 is 9.47 Å². The molecule has 0 aliphatic carbocycles. The maximum Gasteiger partial charge on any atom is 0.166 e. The summed E-state index contributed by atoms with van der Waals surface area (Å²) in [5, 5.41) is 0. The SMILES string of the molecule is CCN.COC(CSc1ccccc1)OC.Cl. The molecule has 0 atom stereocenters. The molecular formula is C12H22ClNO2S. The van der Waals surface area contributed by atoms with Crippen LogP contribution in [0, 0.1) is 0 Å². The van der Waals surface area contributed by atoms with E-state index >= 15 is 0 Å². The van der Waals surface area contributed by atoms with E-state index < -0.39 is 0 Å². The number of benzene rings is 1. The molecule has 0 spiro atoms. The molecule has 1 aromatic carbocycles. The second kappa shape index (κ2) is 13.8. The fraction of sp³-hybridized carbons (Fsp3) is 0.500. The number of rotatable bonds is 5. The van der Waals surface area contributed by atoms with Crippen LogP contribution in [0.25, 0.3) is 0 Å². The largest absolute Gasteiger partial charge is 0.355 e. The van der Waals surface area contributed by atoms with E-state index in [4.69, 9.17) is 15.2 Å². The Morgan fingerprint density at radius 3 is 2.06 bits per heavy atom. The topological polar surface area (TPSA) is 44.5 Å². The van der Waals surface area contributed by atoms with Crippen LogP contribution >= 0.6 is 24.2 Å². The van der Waals surface area contributed by atoms with E-state index in [1.165, 1.54) is 4.90 Å². The molecule has 100 valence electrons. The highest BCUT2D eigenvalue weighted by molar-refractivity contribution is 7.99. The molecule has 0 aromatic heterocycles. The summed E-state index contributed by atoms with van der Waals surface area (Å²) in [5.41, 5.74) is 4.85. The second-order valence-corrected chi connectivity index (χ2v) is 4.03. The third-order valence-electron chi connectivity index (χ3n) is 1.66. The minimum Gasteiger partial charge on any atom is -0.355 e. The summed E-state index contributed by atoms with van der Waals surface area (Å²) in [6.07, 6.45) is -0.120. The van der Waals surface area contributed by atoms with Crippen molar-refractivity contribution in [1.29, 1.82) is 0 Å². The van der Waals surface area contributed by atoms with Crippen molar-refractivity contribution in [3.63, 3.8) is 0 Å². The van der Waals surface area contributed by atoms with Crippen LogP contribution < -0.4 is 5.73 Å². The predicted octanol–water partition coefficient (Wildman–Crippen LogP) is 2.78. The van der Waals surface area contributed by atoms with Crippen molar-refractivity contribution in [3.8, 4) is 0 Å². The number of ether oxygens (including phenoxy) is 2. The molecule has 5 heteroatoms. The van der Waals surface area contributed by atoms with Crippen molar-refractivity contribution >= 4 is 24.2 Å². The van der Waals surface area contributed by atoms with Gasteiger partial charge in [0.15, 0.2) is 6.29 Å². The van der Waals surface area contributed by atoms with E-state index in [2.05, 4.69) is 12.1 Å². The molecule has 0 radical (unpaired) electrons. The van der Waals surface area contributed by atoms with Gasteiger partial charge < -0.3 is 15.2 Å². The molecule has 0 bridgehead atoms. The number of nitrogens with two attached hydrogens (primary N) is 1. The molecule has 1 aromatic rings. The van der Waals surface area contributed by atoms with Gasteiger partial charge in [0.05, 0.1) is 0 Å². The fourth-order valence-corrected chi connectivity index (χ4v) is 1.86. The molecule has 0 saturated carbocycles. The molecule has 0 heterocycles. The maximum atomic E-state index is 5.08. The van der Waals surface area contributed by atoms with Crippen molar-refractivity contribution in [1.82, 2.24) is 0 Å². The van der Waals surface area contributed by atoms with Crippen molar-refractivity contribution in [3.05, 3.63) is 30.3 Å². The Hall–Kier alpha value is -0.260. The smallest absolute Gasteiger partial charge is 0.166 e. The minimum atomic E-state index is -0.120. The van der Waals surface area contributed by atoms with E-state index in [0.717, 1.165) is 12.3 Å². The van der Waals surface area contributed by atoms with E-state index in [-0.39, 0.29) is 18.7 Å². The molecule has 17 heavy (non-hydrogen) atoms. The lowest BCUT2D eigenvalue weighted by molar-refractivity contribution is -0.0842. The average molecular weight is 280 g/mol. The summed E-state index contributed by atoms with van der Waals surface area (Å²) < 4.78 is 10.2. The zero-order valence-corrected chi connectivity index (χ0v) is 12.2. The van der Waals surface area contributed by atoms with Gasteiger partial charge >= 0.3 is 0 Å². The lowest BCUT2D eigenvalue weighted by atomic mass is 10.4. The molecular weight excluding hydrogens is 258 g/mol. The minimum absolute atomic E-state index is 0. The first-order chi connectivity index (χ1) is 7.78. The molecule has 0 fully saturated rings. The highest BCUT2D eigenvalue weighted by atomic mass is 35.5. The first-order valence-corrected chi connectivity index (χ1v) is 6.20. The van der Waals surface area contributed by atoms with Crippen molar-refractivity contribution in [2.24, 2.45) is 5.73 Å².